The first kappa shape index (κ1) is 20.4. The zero-order chi connectivity index (χ0) is 20.8. The SMILES string of the molecule is CN(C)S(=O)(=O)c1ccc(COC(=O)CNC(=O)C23CC4CC(CC(C4)C2)C3)o1. The van der Waals surface area contributed by atoms with Crippen LogP contribution in [0.2, 0.25) is 0 Å². The number of hydrogen-bond donors (Lipinski definition) is 1. The van der Waals surface area contributed by atoms with E-state index in [0.717, 1.165) is 23.6 Å². The highest BCUT2D eigenvalue weighted by atomic mass is 32.2. The van der Waals surface area contributed by atoms with Gasteiger partial charge in [-0.05, 0) is 68.4 Å². The molecule has 29 heavy (non-hydrogen) atoms. The monoisotopic (exact) mass is 424 g/mol. The fourth-order valence-corrected chi connectivity index (χ4v) is 6.50. The van der Waals surface area contributed by atoms with E-state index in [1.807, 2.05) is 0 Å². The standard InChI is InChI=1S/C20H28N2O6S/c1-22(2)29(25,26)18-4-3-16(28-18)12-27-17(23)11-21-19(24)20-8-13-5-14(9-20)7-15(6-13)10-20/h3-4,13-15H,5-12H2,1-2H3,(H,21,24). The van der Waals surface area contributed by atoms with Gasteiger partial charge < -0.3 is 14.5 Å². The van der Waals surface area contributed by atoms with Gasteiger partial charge in [-0.2, -0.15) is 0 Å². The van der Waals surface area contributed by atoms with Crippen LogP contribution in [0, 0.1) is 23.2 Å². The van der Waals surface area contributed by atoms with Gasteiger partial charge in [0.2, 0.25) is 11.0 Å². The van der Waals surface area contributed by atoms with Crippen molar-refractivity contribution >= 4 is 21.9 Å². The van der Waals surface area contributed by atoms with Gasteiger partial charge in [-0.25, -0.2) is 12.7 Å². The first-order valence-electron chi connectivity index (χ1n) is 10.1. The molecule has 0 spiro atoms. The number of carbonyl (C=O) groups excluding carboxylic acids is 2. The van der Waals surface area contributed by atoms with E-state index in [4.69, 9.17) is 9.15 Å². The Labute approximate surface area is 171 Å². The first-order chi connectivity index (χ1) is 13.7. The zero-order valence-electron chi connectivity index (χ0n) is 16.8. The van der Waals surface area contributed by atoms with Crippen LogP contribution in [0.1, 0.15) is 44.3 Å². The van der Waals surface area contributed by atoms with E-state index < -0.39 is 16.0 Å². The van der Waals surface area contributed by atoms with E-state index in [2.05, 4.69) is 5.32 Å². The highest BCUT2D eigenvalue weighted by Crippen LogP contribution is 2.60. The Bertz CT molecular complexity index is 869. The highest BCUT2D eigenvalue weighted by molar-refractivity contribution is 7.88. The predicted molar refractivity (Wildman–Crippen MR) is 103 cm³/mol. The van der Waals surface area contributed by atoms with Gasteiger partial charge in [0.15, 0.2) is 0 Å². The van der Waals surface area contributed by atoms with E-state index in [-0.39, 0.29) is 35.3 Å². The second-order valence-electron chi connectivity index (χ2n) is 9.05. The molecule has 0 unspecified atom stereocenters. The molecule has 9 heteroatoms. The van der Waals surface area contributed by atoms with Crippen molar-refractivity contribution in [2.75, 3.05) is 20.6 Å². The maximum absolute atomic E-state index is 12.8. The van der Waals surface area contributed by atoms with Gasteiger partial charge in [-0.3, -0.25) is 9.59 Å². The fourth-order valence-electron chi connectivity index (χ4n) is 5.69. The molecule has 4 saturated carbocycles. The number of furan rings is 1. The number of ether oxygens (including phenoxy) is 1. The van der Waals surface area contributed by atoms with Gasteiger partial charge in [0.1, 0.15) is 18.9 Å². The summed E-state index contributed by atoms with van der Waals surface area (Å²) in [5.74, 6) is 1.61. The van der Waals surface area contributed by atoms with Crippen LogP contribution in [0.25, 0.3) is 0 Å². The normalized spacial score (nSPS) is 30.5. The summed E-state index contributed by atoms with van der Waals surface area (Å²) in [5.41, 5.74) is -0.300. The third kappa shape index (κ3) is 3.94. The van der Waals surface area contributed by atoms with Gasteiger partial charge in [0.25, 0.3) is 10.0 Å². The molecule has 0 aromatic carbocycles. The second kappa shape index (κ2) is 7.43. The molecule has 8 nitrogen and oxygen atoms in total. The lowest BCUT2D eigenvalue weighted by atomic mass is 9.49. The van der Waals surface area contributed by atoms with Crippen LogP contribution >= 0.6 is 0 Å². The van der Waals surface area contributed by atoms with Crippen LogP contribution in [-0.2, 0) is 31.0 Å². The quantitative estimate of drug-likeness (QED) is 0.670. The molecule has 160 valence electrons. The Morgan fingerprint density at radius 3 is 2.28 bits per heavy atom. The molecular weight excluding hydrogens is 396 g/mol. The zero-order valence-corrected chi connectivity index (χ0v) is 17.7. The molecule has 1 aromatic heterocycles. The van der Waals surface area contributed by atoms with E-state index >= 15 is 0 Å². The Morgan fingerprint density at radius 1 is 1.14 bits per heavy atom. The topological polar surface area (TPSA) is 106 Å². The van der Waals surface area contributed by atoms with Gasteiger partial charge in [-0.15, -0.1) is 0 Å². The molecule has 4 bridgehead atoms. The van der Waals surface area contributed by atoms with Crippen molar-refractivity contribution in [2.24, 2.45) is 23.2 Å². The molecule has 0 radical (unpaired) electrons. The lowest BCUT2D eigenvalue weighted by Gasteiger charge is -2.55. The van der Waals surface area contributed by atoms with Crippen molar-refractivity contribution in [3.63, 3.8) is 0 Å². The number of sulfonamides is 1. The van der Waals surface area contributed by atoms with Crippen molar-refractivity contribution in [3.05, 3.63) is 17.9 Å². The minimum Gasteiger partial charge on any atom is -0.456 e. The summed E-state index contributed by atoms with van der Waals surface area (Å²) < 4.78 is 35.4. The summed E-state index contributed by atoms with van der Waals surface area (Å²) in [4.78, 5) is 24.9. The smallest absolute Gasteiger partial charge is 0.325 e. The van der Waals surface area contributed by atoms with Crippen LogP contribution in [0.4, 0.5) is 0 Å². The Kier molecular flexibility index (Phi) is 5.23. The molecule has 0 aliphatic heterocycles. The molecule has 1 N–H and O–H groups in total. The third-order valence-corrected chi connectivity index (χ3v) is 8.35. The lowest BCUT2D eigenvalue weighted by molar-refractivity contribution is -0.151. The maximum Gasteiger partial charge on any atom is 0.325 e. The summed E-state index contributed by atoms with van der Waals surface area (Å²) in [6, 6.07) is 2.78. The van der Waals surface area contributed by atoms with Gasteiger partial charge in [0.05, 0.1) is 0 Å². The van der Waals surface area contributed by atoms with Crippen molar-refractivity contribution in [1.82, 2.24) is 9.62 Å². The molecule has 0 atom stereocenters. The van der Waals surface area contributed by atoms with Crippen LogP contribution in [0.3, 0.4) is 0 Å². The minimum absolute atomic E-state index is 0.0223. The summed E-state index contributed by atoms with van der Waals surface area (Å²) >= 11 is 0. The minimum atomic E-state index is -3.67. The largest absolute Gasteiger partial charge is 0.456 e. The molecule has 0 saturated heterocycles. The number of nitrogens with zero attached hydrogens (tertiary/aromatic N) is 1. The number of esters is 1. The van der Waals surface area contributed by atoms with E-state index in [9.17, 15) is 18.0 Å². The molecule has 1 aromatic rings. The Balaban J connectivity index is 1.27. The Morgan fingerprint density at radius 2 is 1.72 bits per heavy atom. The fraction of sp³-hybridized carbons (Fsp3) is 0.700. The van der Waals surface area contributed by atoms with E-state index in [1.54, 1.807) is 0 Å². The van der Waals surface area contributed by atoms with E-state index in [1.165, 1.54) is 45.5 Å². The second-order valence-corrected chi connectivity index (χ2v) is 11.1. The van der Waals surface area contributed by atoms with Crippen molar-refractivity contribution in [3.8, 4) is 0 Å². The van der Waals surface area contributed by atoms with Gasteiger partial charge >= 0.3 is 5.97 Å². The molecular formula is C20H28N2O6S. The van der Waals surface area contributed by atoms with Crippen LogP contribution in [-0.4, -0.2) is 45.2 Å². The summed E-state index contributed by atoms with van der Waals surface area (Å²) in [7, 11) is -0.856. The van der Waals surface area contributed by atoms with Gasteiger partial charge in [0, 0.05) is 19.5 Å². The molecule has 1 amide bonds. The number of carbonyl (C=O) groups is 2. The number of hydrogen-bond acceptors (Lipinski definition) is 6. The number of rotatable bonds is 7. The average molecular weight is 425 g/mol. The predicted octanol–water partition coefficient (Wildman–Crippen LogP) is 1.91. The molecule has 5 rings (SSSR count). The maximum atomic E-state index is 12.8. The number of amides is 1. The van der Waals surface area contributed by atoms with Crippen LogP contribution < -0.4 is 5.32 Å². The summed E-state index contributed by atoms with van der Waals surface area (Å²) in [5, 5.41) is 2.57. The molecule has 4 aliphatic carbocycles. The third-order valence-electron chi connectivity index (χ3n) is 6.66. The average Bonchev–Trinajstić information content (AvgIpc) is 3.13. The Hall–Kier alpha value is -1.87. The first-order valence-corrected chi connectivity index (χ1v) is 11.6. The van der Waals surface area contributed by atoms with Gasteiger partial charge in [-0.1, -0.05) is 0 Å². The summed E-state index contributed by atoms with van der Waals surface area (Å²) in [6.45, 7) is -0.376. The van der Waals surface area contributed by atoms with Crippen LogP contribution in [0.5, 0.6) is 0 Å². The lowest BCUT2D eigenvalue weighted by Crippen LogP contribution is -2.54. The molecule has 4 aliphatic rings. The van der Waals surface area contributed by atoms with Crippen molar-refractivity contribution in [2.45, 2.75) is 50.2 Å². The van der Waals surface area contributed by atoms with Crippen LogP contribution in [0.15, 0.2) is 21.6 Å². The van der Waals surface area contributed by atoms with Crippen molar-refractivity contribution in [1.29, 1.82) is 0 Å². The summed E-state index contributed by atoms with van der Waals surface area (Å²) in [6.07, 6.45) is 6.58. The number of nitrogens with one attached hydrogen (secondary N) is 1. The molecule has 1 heterocycles. The molecule has 4 fully saturated rings. The van der Waals surface area contributed by atoms with E-state index in [0.29, 0.717) is 17.8 Å². The highest BCUT2D eigenvalue weighted by Gasteiger charge is 2.54. The van der Waals surface area contributed by atoms with Crippen molar-refractivity contribution < 1.29 is 27.2 Å².